The molecule has 0 aliphatic carbocycles. The van der Waals surface area contributed by atoms with Gasteiger partial charge in [0.25, 0.3) is 5.69 Å². The zero-order valence-corrected chi connectivity index (χ0v) is 6.86. The van der Waals surface area contributed by atoms with Gasteiger partial charge in [0, 0.05) is 12.1 Å². The van der Waals surface area contributed by atoms with E-state index >= 15 is 0 Å². The largest absolute Gasteiger partial charge is 0.269 e. The second-order valence-corrected chi connectivity index (χ2v) is 2.33. The Kier molecular flexibility index (Phi) is 2.85. The van der Waals surface area contributed by atoms with E-state index in [1.807, 2.05) is 0 Å². The monoisotopic (exact) mass is 195 g/mol. The highest BCUT2D eigenvalue weighted by molar-refractivity contribution is 5.79. The van der Waals surface area contributed by atoms with Crippen molar-refractivity contribution >= 4 is 11.9 Å². The Hall–Kier alpha value is -2.31. The lowest BCUT2D eigenvalue weighted by Crippen LogP contribution is -1.90. The lowest BCUT2D eigenvalue weighted by Gasteiger charge is -1.90. The van der Waals surface area contributed by atoms with Gasteiger partial charge in [-0.25, -0.2) is 10.1 Å². The minimum atomic E-state index is -0.846. The van der Waals surface area contributed by atoms with E-state index in [4.69, 9.17) is 0 Å². The predicted molar refractivity (Wildman–Crippen MR) is 47.7 cm³/mol. The van der Waals surface area contributed by atoms with Crippen LogP contribution in [0.15, 0.2) is 29.4 Å². The van der Waals surface area contributed by atoms with Crippen LogP contribution in [0.25, 0.3) is 0 Å². The highest BCUT2D eigenvalue weighted by Crippen LogP contribution is 2.10. The van der Waals surface area contributed by atoms with Gasteiger partial charge >= 0.3 is 0 Å². The average Bonchev–Trinajstić information content (AvgIpc) is 2.15. The van der Waals surface area contributed by atoms with Crippen molar-refractivity contribution in [3.8, 4) is 0 Å². The van der Waals surface area contributed by atoms with Gasteiger partial charge in [0.2, 0.25) is 0 Å². The van der Waals surface area contributed by atoms with Crippen molar-refractivity contribution in [1.82, 2.24) is 0 Å². The van der Waals surface area contributed by atoms with Crippen LogP contribution >= 0.6 is 0 Å². The number of nitro benzene ring substituents is 1. The highest BCUT2D eigenvalue weighted by Gasteiger charge is 2.02. The molecule has 0 bridgehead atoms. The van der Waals surface area contributed by atoms with Crippen LogP contribution in [-0.4, -0.2) is 16.2 Å². The second kappa shape index (κ2) is 4.08. The molecule has 0 radical (unpaired) electrons. The molecule has 0 unspecified atom stereocenters. The van der Waals surface area contributed by atoms with Crippen LogP contribution in [0, 0.1) is 20.2 Å². The summed E-state index contributed by atoms with van der Waals surface area (Å²) in [6.45, 7) is 0. The van der Waals surface area contributed by atoms with Crippen molar-refractivity contribution in [3.63, 3.8) is 0 Å². The Morgan fingerprint density at radius 2 is 1.71 bits per heavy atom. The molecule has 0 N–H and O–H groups in total. The Balaban J connectivity index is 2.83. The van der Waals surface area contributed by atoms with Crippen LogP contribution < -0.4 is 0 Å². The minimum Gasteiger partial charge on any atom is -0.258 e. The molecule has 1 aromatic rings. The van der Waals surface area contributed by atoms with E-state index in [9.17, 15) is 20.2 Å². The van der Waals surface area contributed by atoms with Crippen molar-refractivity contribution in [1.29, 1.82) is 0 Å². The van der Waals surface area contributed by atoms with Gasteiger partial charge in [0.05, 0.1) is 10.0 Å². The van der Waals surface area contributed by atoms with E-state index in [1.165, 1.54) is 24.3 Å². The van der Waals surface area contributed by atoms with Crippen LogP contribution in [0.3, 0.4) is 0 Å². The Labute approximate surface area is 78.0 Å². The highest BCUT2D eigenvalue weighted by atomic mass is 16.7. The lowest BCUT2D eigenvalue weighted by molar-refractivity contribution is -0.484. The Morgan fingerprint density at radius 3 is 2.14 bits per heavy atom. The first-order valence-corrected chi connectivity index (χ1v) is 3.52. The van der Waals surface area contributed by atoms with Gasteiger partial charge in [-0.15, -0.1) is 0 Å². The molecule has 72 valence electrons. The maximum atomic E-state index is 10.2. The summed E-state index contributed by atoms with van der Waals surface area (Å²) in [5.74, 6) is 0. The van der Waals surface area contributed by atoms with Gasteiger partial charge in [0.15, 0.2) is 5.03 Å². The van der Waals surface area contributed by atoms with E-state index in [0.717, 1.165) is 6.21 Å². The quantitative estimate of drug-likeness (QED) is 0.411. The zero-order chi connectivity index (χ0) is 10.6. The van der Waals surface area contributed by atoms with Crippen LogP contribution in [0.5, 0.6) is 0 Å². The van der Waals surface area contributed by atoms with Crippen molar-refractivity contribution in [3.05, 3.63) is 50.1 Å². The summed E-state index contributed by atoms with van der Waals surface area (Å²) in [6, 6.07) is 5.26. The smallest absolute Gasteiger partial charge is 0.258 e. The SMILES string of the molecule is O=[N+]([O-])/N=C/c1ccc([N+](=O)[O-])cc1. The van der Waals surface area contributed by atoms with E-state index in [-0.39, 0.29) is 5.69 Å². The summed E-state index contributed by atoms with van der Waals surface area (Å²) < 4.78 is 0. The summed E-state index contributed by atoms with van der Waals surface area (Å²) in [5.41, 5.74) is 0.371. The molecule has 0 saturated carbocycles. The van der Waals surface area contributed by atoms with Crippen LogP contribution in [0.1, 0.15) is 5.56 Å². The third-order valence-electron chi connectivity index (χ3n) is 1.40. The van der Waals surface area contributed by atoms with Gasteiger partial charge in [-0.3, -0.25) is 10.1 Å². The molecule has 7 heteroatoms. The van der Waals surface area contributed by atoms with Crippen LogP contribution in [0.4, 0.5) is 5.69 Å². The number of rotatable bonds is 3. The standard InChI is InChI=1S/C7H5N3O4/c11-9(12)7-3-1-6(2-4-7)5-8-10(13)14/h1-5H/b8-5+. The number of hydrazone groups is 1. The summed E-state index contributed by atoms with van der Waals surface area (Å²) in [6.07, 6.45) is 1.02. The Morgan fingerprint density at radius 1 is 1.14 bits per heavy atom. The third kappa shape index (κ3) is 2.63. The van der Waals surface area contributed by atoms with Gasteiger partial charge in [0.1, 0.15) is 6.21 Å². The molecule has 0 heterocycles. The topological polar surface area (TPSA) is 98.6 Å². The van der Waals surface area contributed by atoms with Crippen molar-refractivity contribution in [2.45, 2.75) is 0 Å². The molecule has 0 aromatic heterocycles. The van der Waals surface area contributed by atoms with Crippen molar-refractivity contribution in [2.24, 2.45) is 5.10 Å². The molecule has 7 nitrogen and oxygen atoms in total. The molecular formula is C7H5N3O4. The molecule has 0 atom stereocenters. The average molecular weight is 195 g/mol. The minimum absolute atomic E-state index is 0.0664. The first kappa shape index (κ1) is 9.78. The van der Waals surface area contributed by atoms with Crippen molar-refractivity contribution in [2.75, 3.05) is 0 Å². The number of nitrogens with zero attached hydrogens (tertiary/aromatic N) is 3. The summed E-state index contributed by atoms with van der Waals surface area (Å²) in [7, 11) is 0. The lowest BCUT2D eigenvalue weighted by atomic mass is 10.2. The zero-order valence-electron chi connectivity index (χ0n) is 6.86. The summed E-state index contributed by atoms with van der Waals surface area (Å²) >= 11 is 0. The fourth-order valence-corrected chi connectivity index (χ4v) is 0.796. The van der Waals surface area contributed by atoms with E-state index in [1.54, 1.807) is 0 Å². The third-order valence-corrected chi connectivity index (χ3v) is 1.40. The summed E-state index contributed by atoms with van der Waals surface area (Å²) in [4.78, 5) is 19.5. The fraction of sp³-hybridized carbons (Fsp3) is 0. The maximum Gasteiger partial charge on any atom is 0.269 e. The van der Waals surface area contributed by atoms with Crippen molar-refractivity contribution < 1.29 is 9.96 Å². The maximum absolute atomic E-state index is 10.2. The number of hydrogen-bond donors (Lipinski definition) is 0. The second-order valence-electron chi connectivity index (χ2n) is 2.33. The van der Waals surface area contributed by atoms with Gasteiger partial charge in [-0.1, -0.05) is 0 Å². The molecule has 1 rings (SSSR count). The van der Waals surface area contributed by atoms with Gasteiger partial charge in [-0.2, -0.15) is 0 Å². The van der Waals surface area contributed by atoms with E-state index in [0.29, 0.717) is 5.56 Å². The fourth-order valence-electron chi connectivity index (χ4n) is 0.796. The number of hydrogen-bond acceptors (Lipinski definition) is 4. The molecule has 0 aliphatic rings. The van der Waals surface area contributed by atoms with Crippen LogP contribution in [0.2, 0.25) is 0 Å². The van der Waals surface area contributed by atoms with Gasteiger partial charge in [-0.05, 0) is 17.7 Å². The van der Waals surface area contributed by atoms with E-state index in [2.05, 4.69) is 5.10 Å². The molecule has 14 heavy (non-hydrogen) atoms. The first-order chi connectivity index (χ1) is 6.59. The normalized spacial score (nSPS) is 10.3. The molecule has 0 saturated heterocycles. The molecule has 0 spiro atoms. The summed E-state index contributed by atoms with van der Waals surface area (Å²) in [5, 5.41) is 22.1. The van der Waals surface area contributed by atoms with Crippen LogP contribution in [-0.2, 0) is 0 Å². The molecular weight excluding hydrogens is 190 g/mol. The van der Waals surface area contributed by atoms with E-state index < -0.39 is 9.96 Å². The molecule has 0 aliphatic heterocycles. The molecule has 0 amide bonds. The molecule has 0 fully saturated rings. The predicted octanol–water partition coefficient (Wildman–Crippen LogP) is 1.21. The number of nitro groups is 2. The Bertz CT molecular complexity index is 384. The van der Waals surface area contributed by atoms with Gasteiger partial charge < -0.3 is 0 Å². The number of non-ortho nitro benzene ring substituents is 1. The number of benzene rings is 1. The first-order valence-electron chi connectivity index (χ1n) is 3.52. The molecule has 1 aromatic carbocycles.